The molecule has 142 valence electrons. The molecule has 1 aromatic carbocycles. The largest absolute Gasteiger partial charge is 0.478 e. The van der Waals surface area contributed by atoms with Gasteiger partial charge in [-0.2, -0.15) is 4.31 Å². The molecule has 0 unspecified atom stereocenters. The first-order valence-electron chi connectivity index (χ1n) is 8.70. The van der Waals surface area contributed by atoms with Gasteiger partial charge in [-0.1, -0.05) is 33.8 Å². The van der Waals surface area contributed by atoms with Crippen LogP contribution in [0.5, 0.6) is 0 Å². The van der Waals surface area contributed by atoms with E-state index in [1.807, 2.05) is 27.7 Å². The first kappa shape index (κ1) is 21.6. The van der Waals surface area contributed by atoms with Crippen LogP contribution in [-0.4, -0.2) is 61.4 Å². The summed E-state index contributed by atoms with van der Waals surface area (Å²) >= 11 is 0. The predicted octanol–water partition coefficient (Wildman–Crippen LogP) is 2.68. The van der Waals surface area contributed by atoms with Gasteiger partial charge in [0.1, 0.15) is 0 Å². The third-order valence-corrected chi connectivity index (χ3v) is 6.27. The summed E-state index contributed by atoms with van der Waals surface area (Å²) in [5, 5.41) is 9.26. The SMILES string of the molecule is CCN(CC)CCN(CC(C)C)S(=O)(=O)c1cccc(C(=O)O)c1C. The van der Waals surface area contributed by atoms with Gasteiger partial charge >= 0.3 is 5.97 Å². The van der Waals surface area contributed by atoms with Gasteiger partial charge in [-0.15, -0.1) is 0 Å². The molecule has 0 fully saturated rings. The van der Waals surface area contributed by atoms with Crippen LogP contribution in [0.15, 0.2) is 23.1 Å². The van der Waals surface area contributed by atoms with Gasteiger partial charge in [-0.25, -0.2) is 13.2 Å². The van der Waals surface area contributed by atoms with Crippen LogP contribution in [0.2, 0.25) is 0 Å². The summed E-state index contributed by atoms with van der Waals surface area (Å²) in [7, 11) is -3.75. The average Bonchev–Trinajstić information content (AvgIpc) is 2.53. The maximum atomic E-state index is 13.2. The number of likely N-dealkylation sites (N-methyl/N-ethyl adjacent to an activating group) is 1. The fourth-order valence-corrected chi connectivity index (χ4v) is 4.62. The average molecular weight is 371 g/mol. The smallest absolute Gasteiger partial charge is 0.335 e. The Morgan fingerprint density at radius 2 is 1.76 bits per heavy atom. The van der Waals surface area contributed by atoms with Crippen molar-refractivity contribution in [3.63, 3.8) is 0 Å². The summed E-state index contributed by atoms with van der Waals surface area (Å²) in [4.78, 5) is 13.6. The molecule has 0 radical (unpaired) electrons. The number of carbonyl (C=O) groups is 1. The van der Waals surface area contributed by atoms with Crippen LogP contribution in [0, 0.1) is 12.8 Å². The molecule has 1 N–H and O–H groups in total. The van der Waals surface area contributed by atoms with E-state index in [1.54, 1.807) is 6.92 Å². The third-order valence-electron chi connectivity index (χ3n) is 4.26. The highest BCUT2D eigenvalue weighted by molar-refractivity contribution is 7.89. The number of nitrogens with zero attached hydrogens (tertiary/aromatic N) is 2. The Kier molecular flexibility index (Phi) is 8.05. The minimum absolute atomic E-state index is 0.0225. The number of carboxylic acid groups (broad SMARTS) is 1. The van der Waals surface area contributed by atoms with Crippen molar-refractivity contribution < 1.29 is 18.3 Å². The third kappa shape index (κ3) is 5.52. The summed E-state index contributed by atoms with van der Waals surface area (Å²) in [6, 6.07) is 4.41. The Labute approximate surface area is 151 Å². The predicted molar refractivity (Wildman–Crippen MR) is 99.5 cm³/mol. The van der Waals surface area contributed by atoms with E-state index in [1.165, 1.54) is 22.5 Å². The van der Waals surface area contributed by atoms with Crippen molar-refractivity contribution in [2.45, 2.75) is 39.5 Å². The van der Waals surface area contributed by atoms with Crippen LogP contribution in [-0.2, 0) is 10.0 Å². The lowest BCUT2D eigenvalue weighted by Gasteiger charge is -2.28. The zero-order valence-electron chi connectivity index (χ0n) is 15.8. The Morgan fingerprint density at radius 1 is 1.16 bits per heavy atom. The van der Waals surface area contributed by atoms with E-state index in [2.05, 4.69) is 4.90 Å². The van der Waals surface area contributed by atoms with E-state index in [9.17, 15) is 18.3 Å². The summed E-state index contributed by atoms with van der Waals surface area (Å²) in [6.45, 7) is 12.8. The van der Waals surface area contributed by atoms with Gasteiger partial charge in [-0.3, -0.25) is 0 Å². The highest BCUT2D eigenvalue weighted by Crippen LogP contribution is 2.23. The standard InChI is InChI=1S/C18H30N2O4S/c1-6-19(7-2)11-12-20(13-14(3)4)25(23,24)17-10-8-9-16(15(17)5)18(21)22/h8-10,14H,6-7,11-13H2,1-5H3,(H,21,22). The molecule has 1 rings (SSSR count). The van der Waals surface area contributed by atoms with E-state index in [4.69, 9.17) is 0 Å². The molecular weight excluding hydrogens is 340 g/mol. The summed E-state index contributed by atoms with van der Waals surface area (Å²) in [5.41, 5.74) is 0.306. The number of hydrogen-bond donors (Lipinski definition) is 1. The monoisotopic (exact) mass is 370 g/mol. The molecule has 0 amide bonds. The molecule has 0 aliphatic heterocycles. The highest BCUT2D eigenvalue weighted by Gasteiger charge is 2.28. The number of hydrogen-bond acceptors (Lipinski definition) is 4. The van der Waals surface area contributed by atoms with Crippen LogP contribution in [0.4, 0.5) is 0 Å². The lowest BCUT2D eigenvalue weighted by Crippen LogP contribution is -2.40. The minimum Gasteiger partial charge on any atom is -0.478 e. The molecule has 0 aromatic heterocycles. The Hall–Kier alpha value is -1.44. The second-order valence-electron chi connectivity index (χ2n) is 6.52. The molecule has 1 aromatic rings. The second-order valence-corrected chi connectivity index (χ2v) is 8.42. The Balaban J connectivity index is 3.23. The highest BCUT2D eigenvalue weighted by atomic mass is 32.2. The fourth-order valence-electron chi connectivity index (χ4n) is 2.77. The van der Waals surface area contributed by atoms with E-state index < -0.39 is 16.0 Å². The zero-order valence-corrected chi connectivity index (χ0v) is 16.6. The molecular formula is C18H30N2O4S. The molecule has 0 aliphatic carbocycles. The van der Waals surface area contributed by atoms with Crippen molar-refractivity contribution in [2.75, 3.05) is 32.7 Å². The van der Waals surface area contributed by atoms with Gasteiger partial charge in [0.25, 0.3) is 0 Å². The molecule has 7 heteroatoms. The minimum atomic E-state index is -3.75. The van der Waals surface area contributed by atoms with E-state index >= 15 is 0 Å². The van der Waals surface area contributed by atoms with Crippen molar-refractivity contribution in [1.29, 1.82) is 0 Å². The number of sulfonamides is 1. The molecule has 6 nitrogen and oxygen atoms in total. The van der Waals surface area contributed by atoms with Gasteiger partial charge in [0.05, 0.1) is 10.5 Å². The summed E-state index contributed by atoms with van der Waals surface area (Å²) in [5.74, 6) is -0.942. The molecule has 0 heterocycles. The first-order valence-corrected chi connectivity index (χ1v) is 10.1. The number of rotatable bonds is 10. The van der Waals surface area contributed by atoms with Crippen molar-refractivity contribution in [3.8, 4) is 0 Å². The van der Waals surface area contributed by atoms with Gasteiger partial charge in [0.15, 0.2) is 0 Å². The van der Waals surface area contributed by atoms with E-state index in [0.717, 1.165) is 13.1 Å². The molecule has 0 aliphatic rings. The van der Waals surface area contributed by atoms with Crippen LogP contribution in [0.25, 0.3) is 0 Å². The molecule has 0 atom stereocenters. The van der Waals surface area contributed by atoms with Crippen molar-refractivity contribution in [3.05, 3.63) is 29.3 Å². The van der Waals surface area contributed by atoms with Gasteiger partial charge in [-0.05, 0) is 43.6 Å². The Bertz CT molecular complexity index is 682. The van der Waals surface area contributed by atoms with Gasteiger partial charge in [0.2, 0.25) is 10.0 Å². The van der Waals surface area contributed by atoms with Crippen molar-refractivity contribution >= 4 is 16.0 Å². The van der Waals surface area contributed by atoms with Crippen LogP contribution < -0.4 is 0 Å². The second kappa shape index (κ2) is 9.31. The maximum Gasteiger partial charge on any atom is 0.335 e. The Morgan fingerprint density at radius 3 is 2.24 bits per heavy atom. The van der Waals surface area contributed by atoms with Crippen molar-refractivity contribution in [2.24, 2.45) is 5.92 Å². The zero-order chi connectivity index (χ0) is 19.2. The quantitative estimate of drug-likeness (QED) is 0.685. The summed E-state index contributed by atoms with van der Waals surface area (Å²) in [6.07, 6.45) is 0. The van der Waals surface area contributed by atoms with Gasteiger partial charge in [0, 0.05) is 19.6 Å². The molecule has 0 bridgehead atoms. The lowest BCUT2D eigenvalue weighted by molar-refractivity contribution is 0.0695. The number of carboxylic acids is 1. The maximum absolute atomic E-state index is 13.2. The number of aromatic carboxylic acids is 1. The molecule has 0 saturated carbocycles. The van der Waals surface area contributed by atoms with E-state index in [-0.39, 0.29) is 21.9 Å². The topological polar surface area (TPSA) is 77.9 Å². The van der Waals surface area contributed by atoms with Gasteiger partial charge < -0.3 is 10.0 Å². The molecule has 25 heavy (non-hydrogen) atoms. The molecule has 0 spiro atoms. The first-order chi connectivity index (χ1) is 11.6. The van der Waals surface area contributed by atoms with Crippen LogP contribution in [0.1, 0.15) is 43.6 Å². The lowest BCUT2D eigenvalue weighted by atomic mass is 10.1. The number of benzene rings is 1. The molecule has 0 saturated heterocycles. The normalized spacial score (nSPS) is 12.3. The van der Waals surface area contributed by atoms with Crippen LogP contribution in [0.3, 0.4) is 0 Å². The van der Waals surface area contributed by atoms with Crippen LogP contribution >= 0.6 is 0 Å². The fraction of sp³-hybridized carbons (Fsp3) is 0.611. The summed E-state index contributed by atoms with van der Waals surface area (Å²) < 4.78 is 27.8. The van der Waals surface area contributed by atoms with Crippen molar-refractivity contribution in [1.82, 2.24) is 9.21 Å². The van der Waals surface area contributed by atoms with E-state index in [0.29, 0.717) is 19.6 Å².